The molecule has 88 valence electrons. The molecule has 0 aromatic carbocycles. The van der Waals surface area contributed by atoms with Gasteiger partial charge in [-0.1, -0.05) is 12.2 Å². The lowest BCUT2D eigenvalue weighted by Gasteiger charge is -2.06. The highest BCUT2D eigenvalue weighted by Crippen LogP contribution is 2.28. The van der Waals surface area contributed by atoms with Crippen molar-refractivity contribution in [2.45, 2.75) is 12.6 Å². The third-order valence-corrected chi connectivity index (χ3v) is 2.11. The smallest absolute Gasteiger partial charge is 0.328 e. The van der Waals surface area contributed by atoms with Crippen LogP contribution in [0.1, 0.15) is 17.5 Å². The number of rotatable bonds is 3. The van der Waals surface area contributed by atoms with Crippen LogP contribution >= 0.6 is 12.6 Å². The lowest BCUT2D eigenvalue weighted by molar-refractivity contribution is -0.137. The number of aromatic nitrogens is 1. The number of hydrogen-bond acceptors (Lipinski definition) is 2. The normalized spacial score (nSPS) is 12.2. The van der Waals surface area contributed by atoms with E-state index in [1.807, 2.05) is 0 Å². The molecule has 2 nitrogen and oxygen atoms in total. The number of halogens is 3. The first-order valence-corrected chi connectivity index (χ1v) is 5.15. The van der Waals surface area contributed by atoms with Gasteiger partial charge in [0.25, 0.3) is 5.56 Å². The van der Waals surface area contributed by atoms with Crippen molar-refractivity contribution in [3.8, 4) is 0 Å². The van der Waals surface area contributed by atoms with E-state index in [1.165, 1.54) is 6.08 Å². The molecule has 1 aromatic heterocycles. The fraction of sp³-hybridized carbons (Fsp3) is 0.300. The van der Waals surface area contributed by atoms with Crippen LogP contribution in [0.2, 0.25) is 0 Å². The number of thiol groups is 1. The molecule has 0 aliphatic heterocycles. The van der Waals surface area contributed by atoms with Crippen molar-refractivity contribution in [2.24, 2.45) is 0 Å². The molecular formula is C10H10F3NOS. The van der Waals surface area contributed by atoms with E-state index in [2.05, 4.69) is 17.6 Å². The Bertz CT molecular complexity index is 436. The van der Waals surface area contributed by atoms with Crippen LogP contribution in [0, 0.1) is 0 Å². The second kappa shape index (κ2) is 5.25. The van der Waals surface area contributed by atoms with E-state index in [9.17, 15) is 18.0 Å². The average molecular weight is 249 g/mol. The van der Waals surface area contributed by atoms with E-state index < -0.39 is 17.3 Å². The molecule has 0 spiro atoms. The van der Waals surface area contributed by atoms with Crippen LogP contribution in [0.4, 0.5) is 13.2 Å². The van der Waals surface area contributed by atoms with Crippen LogP contribution in [0.5, 0.6) is 0 Å². The second-order valence-electron chi connectivity index (χ2n) is 3.09. The molecule has 0 saturated heterocycles. The lowest BCUT2D eigenvalue weighted by atomic mass is 10.2. The van der Waals surface area contributed by atoms with Gasteiger partial charge in [0.1, 0.15) is 0 Å². The monoisotopic (exact) mass is 249 g/mol. The molecule has 1 heterocycles. The molecule has 0 fully saturated rings. The van der Waals surface area contributed by atoms with Gasteiger partial charge < -0.3 is 4.98 Å². The van der Waals surface area contributed by atoms with Crippen molar-refractivity contribution >= 4 is 18.7 Å². The summed E-state index contributed by atoms with van der Waals surface area (Å²) in [5.41, 5.74) is -1.40. The van der Waals surface area contributed by atoms with Gasteiger partial charge in [0.15, 0.2) is 0 Å². The van der Waals surface area contributed by atoms with E-state index >= 15 is 0 Å². The number of H-pyrrole nitrogens is 1. The Morgan fingerprint density at radius 3 is 2.69 bits per heavy atom. The van der Waals surface area contributed by atoms with Crippen LogP contribution in [0.25, 0.3) is 6.08 Å². The molecule has 0 aliphatic carbocycles. The third-order valence-electron chi connectivity index (χ3n) is 1.85. The number of pyridine rings is 1. The highest BCUT2D eigenvalue weighted by atomic mass is 32.1. The molecule has 0 atom stereocenters. The van der Waals surface area contributed by atoms with Crippen LogP contribution in [0.3, 0.4) is 0 Å². The second-order valence-corrected chi connectivity index (χ2v) is 3.53. The van der Waals surface area contributed by atoms with Gasteiger partial charge in [-0.3, -0.25) is 4.79 Å². The quantitative estimate of drug-likeness (QED) is 0.793. The zero-order valence-electron chi connectivity index (χ0n) is 8.21. The molecule has 0 amide bonds. The summed E-state index contributed by atoms with van der Waals surface area (Å²) in [5.74, 6) is 0.577. The highest BCUT2D eigenvalue weighted by Gasteiger charge is 2.31. The maximum Gasteiger partial charge on any atom is 0.417 e. The summed E-state index contributed by atoms with van der Waals surface area (Å²) in [4.78, 5) is 13.3. The summed E-state index contributed by atoms with van der Waals surface area (Å²) >= 11 is 3.94. The van der Waals surface area contributed by atoms with Crippen LogP contribution in [-0.4, -0.2) is 10.7 Å². The van der Waals surface area contributed by atoms with Crippen LogP contribution in [0.15, 0.2) is 23.1 Å². The van der Waals surface area contributed by atoms with Gasteiger partial charge in [-0.25, -0.2) is 0 Å². The molecule has 1 rings (SSSR count). The Morgan fingerprint density at radius 1 is 1.44 bits per heavy atom. The van der Waals surface area contributed by atoms with Crippen LogP contribution in [-0.2, 0) is 6.18 Å². The van der Waals surface area contributed by atoms with Crippen LogP contribution < -0.4 is 5.56 Å². The first-order valence-electron chi connectivity index (χ1n) is 4.52. The van der Waals surface area contributed by atoms with Crippen molar-refractivity contribution in [3.05, 3.63) is 39.8 Å². The molecule has 0 unspecified atom stereocenters. The number of alkyl halides is 3. The Morgan fingerprint density at radius 2 is 2.12 bits per heavy atom. The van der Waals surface area contributed by atoms with Gasteiger partial charge in [-0.2, -0.15) is 25.8 Å². The minimum atomic E-state index is -4.45. The lowest BCUT2D eigenvalue weighted by Crippen LogP contribution is -2.14. The molecule has 1 aromatic rings. The Balaban J connectivity index is 3.05. The molecule has 16 heavy (non-hydrogen) atoms. The fourth-order valence-electron chi connectivity index (χ4n) is 1.07. The average Bonchev–Trinajstić information content (AvgIpc) is 2.19. The summed E-state index contributed by atoms with van der Waals surface area (Å²) in [6, 6.07) is 0.827. The number of aromatic amines is 1. The van der Waals surface area contributed by atoms with Gasteiger partial charge >= 0.3 is 6.18 Å². The van der Waals surface area contributed by atoms with Crippen molar-refractivity contribution in [2.75, 3.05) is 5.75 Å². The van der Waals surface area contributed by atoms with E-state index in [-0.39, 0.29) is 5.56 Å². The third kappa shape index (κ3) is 3.44. The highest BCUT2D eigenvalue weighted by molar-refractivity contribution is 7.80. The minimum absolute atomic E-state index is 0.00314. The molecule has 0 aliphatic rings. The Labute approximate surface area is 95.6 Å². The van der Waals surface area contributed by atoms with E-state index in [0.717, 1.165) is 6.07 Å². The number of allylic oxidation sites excluding steroid dienone is 1. The first kappa shape index (κ1) is 12.9. The van der Waals surface area contributed by atoms with Gasteiger partial charge in [-0.05, 0) is 18.2 Å². The number of hydrogen-bond donors (Lipinski definition) is 2. The predicted octanol–water partition coefficient (Wildman–Crippen LogP) is 2.73. The van der Waals surface area contributed by atoms with E-state index in [4.69, 9.17) is 0 Å². The largest absolute Gasteiger partial charge is 0.417 e. The van der Waals surface area contributed by atoms with Crippen molar-refractivity contribution in [1.29, 1.82) is 0 Å². The van der Waals surface area contributed by atoms with Gasteiger partial charge in [0.05, 0.1) is 5.56 Å². The Hall–Kier alpha value is -1.17. The summed E-state index contributed by atoms with van der Waals surface area (Å²) in [6.45, 7) is 0. The summed E-state index contributed by atoms with van der Waals surface area (Å²) < 4.78 is 37.0. The Kier molecular flexibility index (Phi) is 4.23. The van der Waals surface area contributed by atoms with Crippen molar-refractivity contribution in [1.82, 2.24) is 4.98 Å². The molecule has 6 heteroatoms. The molecule has 1 N–H and O–H groups in total. The molecular weight excluding hydrogens is 239 g/mol. The zero-order valence-corrected chi connectivity index (χ0v) is 9.11. The predicted molar refractivity (Wildman–Crippen MR) is 59.6 cm³/mol. The minimum Gasteiger partial charge on any atom is -0.328 e. The SMILES string of the molecule is O=c1[nH]cc(C(F)(F)F)cc1C=CCCS. The van der Waals surface area contributed by atoms with Crippen molar-refractivity contribution in [3.63, 3.8) is 0 Å². The van der Waals surface area contributed by atoms with Gasteiger partial charge in [0, 0.05) is 11.8 Å². The molecule has 0 bridgehead atoms. The topological polar surface area (TPSA) is 32.9 Å². The number of nitrogens with one attached hydrogen (secondary N) is 1. The standard InChI is InChI=1S/C10H10F3NOS/c11-10(12,13)8-5-7(3-1-2-4-16)9(15)14-6-8/h1,3,5-6,16H,2,4H2,(H,14,15). The summed E-state index contributed by atoms with van der Waals surface area (Å²) in [7, 11) is 0. The summed E-state index contributed by atoms with van der Waals surface area (Å²) in [5, 5.41) is 0. The van der Waals surface area contributed by atoms with Crippen molar-refractivity contribution < 1.29 is 13.2 Å². The fourth-order valence-corrected chi connectivity index (χ4v) is 1.22. The van der Waals surface area contributed by atoms with E-state index in [1.54, 1.807) is 6.08 Å². The zero-order chi connectivity index (χ0) is 12.2. The maximum atomic E-state index is 12.3. The van der Waals surface area contributed by atoms with E-state index in [0.29, 0.717) is 18.4 Å². The first-order chi connectivity index (χ1) is 7.45. The van der Waals surface area contributed by atoms with Gasteiger partial charge in [-0.15, -0.1) is 0 Å². The molecule has 0 radical (unpaired) electrons. The summed E-state index contributed by atoms with van der Waals surface area (Å²) in [6.07, 6.45) is -0.213. The van der Waals surface area contributed by atoms with Gasteiger partial charge in [0.2, 0.25) is 0 Å². The maximum absolute atomic E-state index is 12.3. The molecule has 0 saturated carbocycles.